The summed E-state index contributed by atoms with van der Waals surface area (Å²) >= 11 is 12.1. The zero-order chi connectivity index (χ0) is 18.5. The van der Waals surface area contributed by atoms with Gasteiger partial charge in [-0.3, -0.25) is 0 Å². The summed E-state index contributed by atoms with van der Waals surface area (Å²) in [5.41, 5.74) is 1.87. The third-order valence-electron chi connectivity index (χ3n) is 4.73. The van der Waals surface area contributed by atoms with Gasteiger partial charge in [0.15, 0.2) is 0 Å². The molecule has 3 rings (SSSR count). The molecular formula is C19H28Cl4N4O. The predicted molar refractivity (Wildman–Crippen MR) is 121 cm³/mol. The van der Waals surface area contributed by atoms with Crippen molar-refractivity contribution in [3.63, 3.8) is 0 Å². The van der Waals surface area contributed by atoms with Crippen molar-refractivity contribution in [2.75, 3.05) is 46.4 Å². The van der Waals surface area contributed by atoms with E-state index in [4.69, 9.17) is 27.9 Å². The summed E-state index contributed by atoms with van der Waals surface area (Å²) in [4.78, 5) is 4.91. The van der Waals surface area contributed by atoms with Crippen LogP contribution in [0.3, 0.4) is 0 Å². The molecule has 2 heterocycles. The fraction of sp³-hybridized carbons (Fsp3) is 0.526. The maximum atomic E-state index is 6.10. The van der Waals surface area contributed by atoms with Crippen LogP contribution >= 0.6 is 48.0 Å². The minimum Gasteiger partial charge on any atom is -0.477 e. The smallest absolute Gasteiger partial charge is 0.233 e. The number of unbranched alkanes of at least 4 members (excludes halogenated alkanes) is 1. The van der Waals surface area contributed by atoms with Crippen molar-refractivity contribution in [3.05, 3.63) is 40.0 Å². The van der Waals surface area contributed by atoms with Crippen LogP contribution in [-0.4, -0.2) is 66.0 Å². The van der Waals surface area contributed by atoms with Crippen LogP contribution in [0.25, 0.3) is 5.69 Å². The SMILES string of the molecule is Cc1cc(OCCCCN2CCN(C)CC2)nn1-c1ccc(Cl)c(Cl)c1.Cl.Cl. The van der Waals surface area contributed by atoms with E-state index >= 15 is 0 Å². The quantitative estimate of drug-likeness (QED) is 0.548. The zero-order valence-electron chi connectivity index (χ0n) is 16.2. The number of nitrogens with zero attached hydrogens (tertiary/aromatic N) is 4. The molecular weight excluding hydrogens is 442 g/mol. The standard InChI is InChI=1S/C19H26Cl2N4O.2ClH/c1-15-13-19(22-25(15)16-5-6-17(20)18(21)14-16)26-12-4-3-7-24-10-8-23(2)9-11-24;;/h5-6,13-14H,3-4,7-12H2,1-2H3;2*1H. The molecule has 0 bridgehead atoms. The van der Waals surface area contributed by atoms with Gasteiger partial charge in [0.1, 0.15) is 0 Å². The largest absolute Gasteiger partial charge is 0.477 e. The minimum atomic E-state index is 0. The molecule has 1 aliphatic rings. The average Bonchev–Trinajstić information content (AvgIpc) is 2.99. The van der Waals surface area contributed by atoms with Crippen molar-refractivity contribution >= 4 is 48.0 Å². The maximum absolute atomic E-state index is 6.10. The third-order valence-corrected chi connectivity index (χ3v) is 5.47. The van der Waals surface area contributed by atoms with Crippen LogP contribution in [0, 0.1) is 6.92 Å². The van der Waals surface area contributed by atoms with E-state index in [-0.39, 0.29) is 24.8 Å². The van der Waals surface area contributed by atoms with Crippen LogP contribution in [0.15, 0.2) is 24.3 Å². The molecule has 5 nitrogen and oxygen atoms in total. The lowest BCUT2D eigenvalue weighted by Crippen LogP contribution is -2.44. The number of hydrogen-bond donors (Lipinski definition) is 0. The van der Waals surface area contributed by atoms with Crippen LogP contribution in [0.2, 0.25) is 10.0 Å². The second-order valence-corrected chi connectivity index (χ2v) is 7.65. The molecule has 1 aromatic heterocycles. The lowest BCUT2D eigenvalue weighted by Gasteiger charge is -2.32. The summed E-state index contributed by atoms with van der Waals surface area (Å²) in [5, 5.41) is 5.58. The monoisotopic (exact) mass is 468 g/mol. The van der Waals surface area contributed by atoms with Gasteiger partial charge in [-0.2, -0.15) is 0 Å². The molecule has 9 heteroatoms. The number of likely N-dealkylation sites (N-methyl/N-ethyl adjacent to an activating group) is 1. The Balaban J connectivity index is 0.00000196. The molecule has 1 aliphatic heterocycles. The van der Waals surface area contributed by atoms with Gasteiger partial charge in [0.05, 0.1) is 22.3 Å². The zero-order valence-corrected chi connectivity index (χ0v) is 19.4. The summed E-state index contributed by atoms with van der Waals surface area (Å²) in [5.74, 6) is 0.646. The highest BCUT2D eigenvalue weighted by atomic mass is 35.5. The molecule has 2 aromatic rings. The first-order valence-electron chi connectivity index (χ1n) is 9.09. The fourth-order valence-corrected chi connectivity index (χ4v) is 3.37. The van der Waals surface area contributed by atoms with Gasteiger partial charge in [-0.1, -0.05) is 23.2 Å². The van der Waals surface area contributed by atoms with Crippen molar-refractivity contribution < 1.29 is 4.74 Å². The molecule has 0 N–H and O–H groups in total. The van der Waals surface area contributed by atoms with Crippen LogP contribution in [0.5, 0.6) is 5.88 Å². The highest BCUT2D eigenvalue weighted by Crippen LogP contribution is 2.25. The van der Waals surface area contributed by atoms with Gasteiger partial charge in [0.2, 0.25) is 5.88 Å². The Kier molecular flexibility index (Phi) is 11.0. The van der Waals surface area contributed by atoms with E-state index in [2.05, 4.69) is 21.9 Å². The molecule has 0 radical (unpaired) electrons. The van der Waals surface area contributed by atoms with Gasteiger partial charge in [-0.05, 0) is 51.6 Å². The maximum Gasteiger partial charge on any atom is 0.233 e. The van der Waals surface area contributed by atoms with Gasteiger partial charge < -0.3 is 14.5 Å². The first-order valence-corrected chi connectivity index (χ1v) is 9.84. The highest BCUT2D eigenvalue weighted by Gasteiger charge is 2.13. The molecule has 1 aromatic carbocycles. The van der Waals surface area contributed by atoms with Crippen molar-refractivity contribution in [2.45, 2.75) is 19.8 Å². The number of aryl methyl sites for hydroxylation is 1. The number of hydrogen-bond acceptors (Lipinski definition) is 4. The molecule has 1 saturated heterocycles. The van der Waals surface area contributed by atoms with Gasteiger partial charge in [0, 0.05) is 37.9 Å². The Hall–Kier alpha value is -0.690. The molecule has 28 heavy (non-hydrogen) atoms. The summed E-state index contributed by atoms with van der Waals surface area (Å²) in [6.07, 6.45) is 2.18. The topological polar surface area (TPSA) is 33.5 Å². The normalized spacial score (nSPS) is 15.0. The van der Waals surface area contributed by atoms with Crippen LogP contribution in [-0.2, 0) is 0 Å². The van der Waals surface area contributed by atoms with E-state index in [0.717, 1.165) is 30.8 Å². The van der Waals surface area contributed by atoms with Crippen LogP contribution in [0.4, 0.5) is 0 Å². The fourth-order valence-electron chi connectivity index (χ4n) is 3.08. The molecule has 0 aliphatic carbocycles. The van der Waals surface area contributed by atoms with E-state index in [0.29, 0.717) is 22.5 Å². The van der Waals surface area contributed by atoms with E-state index in [1.54, 1.807) is 6.07 Å². The van der Waals surface area contributed by atoms with Gasteiger partial charge in [-0.25, -0.2) is 4.68 Å². The predicted octanol–water partition coefficient (Wildman–Crippen LogP) is 4.74. The van der Waals surface area contributed by atoms with E-state index in [1.165, 1.54) is 26.2 Å². The molecule has 0 saturated carbocycles. The molecule has 158 valence electrons. The van der Waals surface area contributed by atoms with Crippen LogP contribution < -0.4 is 4.74 Å². The molecule has 0 atom stereocenters. The number of aromatic nitrogens is 2. The Bertz CT molecular complexity index is 733. The number of piperazine rings is 1. The van der Waals surface area contributed by atoms with Gasteiger partial charge in [0.25, 0.3) is 0 Å². The molecule has 0 amide bonds. The van der Waals surface area contributed by atoms with Gasteiger partial charge >= 0.3 is 0 Å². The summed E-state index contributed by atoms with van der Waals surface area (Å²) < 4.78 is 7.65. The minimum absolute atomic E-state index is 0. The second-order valence-electron chi connectivity index (χ2n) is 6.83. The third kappa shape index (κ3) is 6.97. The summed E-state index contributed by atoms with van der Waals surface area (Å²) in [6.45, 7) is 8.51. The van der Waals surface area contributed by atoms with E-state index in [1.807, 2.05) is 29.8 Å². The summed E-state index contributed by atoms with van der Waals surface area (Å²) in [6, 6.07) is 7.43. The van der Waals surface area contributed by atoms with Crippen molar-refractivity contribution in [1.82, 2.24) is 19.6 Å². The lowest BCUT2D eigenvalue weighted by atomic mass is 10.2. The van der Waals surface area contributed by atoms with E-state index in [9.17, 15) is 0 Å². The number of benzene rings is 1. The Morgan fingerprint density at radius 3 is 2.39 bits per heavy atom. The van der Waals surface area contributed by atoms with Crippen molar-refractivity contribution in [1.29, 1.82) is 0 Å². The molecule has 0 spiro atoms. The second kappa shape index (κ2) is 12.1. The summed E-state index contributed by atoms with van der Waals surface area (Å²) in [7, 11) is 2.18. The first kappa shape index (κ1) is 25.3. The van der Waals surface area contributed by atoms with Crippen LogP contribution in [0.1, 0.15) is 18.5 Å². The van der Waals surface area contributed by atoms with Gasteiger partial charge in [-0.15, -0.1) is 29.9 Å². The molecule has 0 unspecified atom stereocenters. The van der Waals surface area contributed by atoms with Crippen molar-refractivity contribution in [2.24, 2.45) is 0 Å². The van der Waals surface area contributed by atoms with E-state index < -0.39 is 0 Å². The number of ether oxygens (including phenoxy) is 1. The average molecular weight is 470 g/mol. The number of rotatable bonds is 7. The van der Waals surface area contributed by atoms with Crippen molar-refractivity contribution in [3.8, 4) is 11.6 Å². The lowest BCUT2D eigenvalue weighted by molar-refractivity contribution is 0.149. The first-order chi connectivity index (χ1) is 12.5. The Morgan fingerprint density at radius 2 is 1.71 bits per heavy atom. The Morgan fingerprint density at radius 1 is 1.00 bits per heavy atom. The Labute approximate surface area is 189 Å². The molecule has 1 fully saturated rings. The number of halogens is 4. The highest BCUT2D eigenvalue weighted by molar-refractivity contribution is 6.42.